The number of thiophene rings is 1. The van der Waals surface area contributed by atoms with Crippen molar-refractivity contribution in [1.29, 1.82) is 0 Å². The number of hydrogen-bond acceptors (Lipinski definition) is 5. The van der Waals surface area contributed by atoms with Gasteiger partial charge in [-0.1, -0.05) is 29.8 Å². The first-order valence-electron chi connectivity index (χ1n) is 8.34. The number of phenolic OH excluding ortho intramolecular Hbond substituents is 1. The fourth-order valence-electron chi connectivity index (χ4n) is 3.54. The first-order valence-corrected chi connectivity index (χ1v) is 9.59. The van der Waals surface area contributed by atoms with Crippen molar-refractivity contribution in [3.8, 4) is 11.5 Å². The Morgan fingerprint density at radius 2 is 2.08 bits per heavy atom. The molecule has 130 valence electrons. The van der Waals surface area contributed by atoms with E-state index in [2.05, 4.69) is 6.07 Å². The third-order valence-corrected chi connectivity index (χ3v) is 5.86. The van der Waals surface area contributed by atoms with Crippen molar-refractivity contribution in [3.05, 3.63) is 81.0 Å². The zero-order valence-corrected chi connectivity index (χ0v) is 15.2. The molecule has 1 N–H and O–H groups in total. The highest BCUT2D eigenvalue weighted by Crippen LogP contribution is 2.48. The predicted octanol–water partition coefficient (Wildman–Crippen LogP) is 5.35. The van der Waals surface area contributed by atoms with Crippen molar-refractivity contribution >= 4 is 28.6 Å². The van der Waals surface area contributed by atoms with E-state index in [0.717, 1.165) is 33.9 Å². The Kier molecular flexibility index (Phi) is 3.65. The van der Waals surface area contributed by atoms with Crippen molar-refractivity contribution in [2.75, 3.05) is 0 Å². The molecule has 0 fully saturated rings. The second kappa shape index (κ2) is 6.04. The average Bonchev–Trinajstić information content (AvgIpc) is 3.31. The number of ether oxygens (including phenoxy) is 1. The molecule has 4 nitrogen and oxygen atoms in total. The molecule has 0 saturated carbocycles. The maximum Gasteiger partial charge on any atom is 0.222 e. The lowest BCUT2D eigenvalue weighted by molar-refractivity contribution is -0.0165. The Balaban J connectivity index is 1.61. The minimum Gasteiger partial charge on any atom is -0.508 e. The smallest absolute Gasteiger partial charge is 0.222 e. The van der Waals surface area contributed by atoms with Gasteiger partial charge < -0.3 is 9.84 Å². The lowest BCUT2D eigenvalue weighted by Gasteiger charge is -2.37. The predicted molar refractivity (Wildman–Crippen MR) is 103 cm³/mol. The van der Waals surface area contributed by atoms with Gasteiger partial charge in [0.25, 0.3) is 0 Å². The van der Waals surface area contributed by atoms with E-state index in [1.165, 1.54) is 0 Å². The third kappa shape index (κ3) is 2.55. The van der Waals surface area contributed by atoms with Crippen LogP contribution < -0.4 is 4.74 Å². The number of rotatable bonds is 2. The Labute approximate surface area is 159 Å². The van der Waals surface area contributed by atoms with Crippen LogP contribution in [0, 0.1) is 0 Å². The maximum absolute atomic E-state index is 9.82. The number of halogens is 1. The Morgan fingerprint density at radius 3 is 2.88 bits per heavy atom. The van der Waals surface area contributed by atoms with Crippen molar-refractivity contribution in [3.63, 3.8) is 0 Å². The molecule has 2 aliphatic rings. The molecular formula is C20H15ClN2O2S. The van der Waals surface area contributed by atoms with Crippen LogP contribution in [-0.4, -0.2) is 15.8 Å². The zero-order valence-electron chi connectivity index (χ0n) is 13.7. The molecule has 0 radical (unpaired) electrons. The molecule has 2 aromatic carbocycles. The summed E-state index contributed by atoms with van der Waals surface area (Å²) in [4.78, 5) is 1.11. The summed E-state index contributed by atoms with van der Waals surface area (Å²) in [5, 5.41) is 19.4. The van der Waals surface area contributed by atoms with Crippen LogP contribution in [0.15, 0.2) is 65.1 Å². The molecular weight excluding hydrogens is 368 g/mol. The second-order valence-corrected chi connectivity index (χ2v) is 7.78. The van der Waals surface area contributed by atoms with Gasteiger partial charge in [0.1, 0.15) is 11.5 Å². The van der Waals surface area contributed by atoms with Crippen LogP contribution in [0.1, 0.15) is 34.7 Å². The topological polar surface area (TPSA) is 45.1 Å². The summed E-state index contributed by atoms with van der Waals surface area (Å²) in [5.41, 5.74) is 2.90. The summed E-state index contributed by atoms with van der Waals surface area (Å²) in [6, 6.07) is 17.1. The summed E-state index contributed by atoms with van der Waals surface area (Å²) in [5.74, 6) is 1.09. The highest BCUT2D eigenvalue weighted by atomic mass is 35.5. The molecule has 5 rings (SSSR count). The van der Waals surface area contributed by atoms with Crippen LogP contribution in [0.5, 0.6) is 11.5 Å². The van der Waals surface area contributed by atoms with E-state index in [0.29, 0.717) is 5.02 Å². The monoisotopic (exact) mass is 382 g/mol. The van der Waals surface area contributed by atoms with E-state index in [4.69, 9.17) is 21.4 Å². The van der Waals surface area contributed by atoms with Crippen molar-refractivity contribution in [2.24, 2.45) is 5.10 Å². The molecule has 0 aliphatic carbocycles. The molecule has 0 bridgehead atoms. The van der Waals surface area contributed by atoms with Gasteiger partial charge in [-0.2, -0.15) is 5.10 Å². The molecule has 3 heterocycles. The van der Waals surface area contributed by atoms with Crippen LogP contribution in [0.4, 0.5) is 0 Å². The van der Waals surface area contributed by atoms with E-state index in [-0.39, 0.29) is 18.0 Å². The van der Waals surface area contributed by atoms with Gasteiger partial charge in [-0.3, -0.25) is 0 Å². The van der Waals surface area contributed by atoms with Gasteiger partial charge in [-0.25, -0.2) is 5.01 Å². The summed E-state index contributed by atoms with van der Waals surface area (Å²) < 4.78 is 6.27. The van der Waals surface area contributed by atoms with E-state index in [1.54, 1.807) is 23.5 Å². The third-order valence-electron chi connectivity index (χ3n) is 4.72. The fourth-order valence-corrected chi connectivity index (χ4v) is 4.46. The Hall–Kier alpha value is -2.50. The van der Waals surface area contributed by atoms with Gasteiger partial charge in [0.05, 0.1) is 16.6 Å². The van der Waals surface area contributed by atoms with Crippen molar-refractivity contribution in [2.45, 2.75) is 18.7 Å². The van der Waals surface area contributed by atoms with Gasteiger partial charge in [-0.05, 0) is 41.8 Å². The van der Waals surface area contributed by atoms with E-state index < -0.39 is 0 Å². The highest BCUT2D eigenvalue weighted by Gasteiger charge is 2.41. The summed E-state index contributed by atoms with van der Waals surface area (Å²) in [6.07, 6.45) is 0.477. The van der Waals surface area contributed by atoms with Gasteiger partial charge in [0.2, 0.25) is 6.23 Å². The van der Waals surface area contributed by atoms with Gasteiger partial charge in [0.15, 0.2) is 0 Å². The van der Waals surface area contributed by atoms with Crippen molar-refractivity contribution in [1.82, 2.24) is 5.01 Å². The van der Waals surface area contributed by atoms with Crippen LogP contribution in [0.2, 0.25) is 5.02 Å². The summed E-state index contributed by atoms with van der Waals surface area (Å²) in [7, 11) is 0. The number of benzene rings is 2. The molecule has 2 aliphatic heterocycles. The number of hydrazone groups is 1. The second-order valence-electron chi connectivity index (χ2n) is 6.36. The van der Waals surface area contributed by atoms with Gasteiger partial charge in [0, 0.05) is 22.6 Å². The molecule has 1 aromatic heterocycles. The number of fused-ring (bicyclic) bond motifs is 3. The molecule has 0 spiro atoms. The number of nitrogens with zero attached hydrogens (tertiary/aromatic N) is 2. The molecule has 2 atom stereocenters. The first-order chi connectivity index (χ1) is 12.7. The largest absolute Gasteiger partial charge is 0.508 e. The molecule has 0 saturated heterocycles. The minimum atomic E-state index is -0.261. The summed E-state index contributed by atoms with van der Waals surface area (Å²) >= 11 is 7.89. The summed E-state index contributed by atoms with van der Waals surface area (Å²) in [6.45, 7) is 0. The van der Waals surface area contributed by atoms with Crippen LogP contribution in [0.3, 0.4) is 0 Å². The van der Waals surface area contributed by atoms with Crippen molar-refractivity contribution < 1.29 is 9.84 Å². The van der Waals surface area contributed by atoms with Gasteiger partial charge >= 0.3 is 0 Å². The lowest BCUT2D eigenvalue weighted by atomic mass is 9.96. The minimum absolute atomic E-state index is 0.0573. The maximum atomic E-state index is 9.82. The molecule has 3 aromatic rings. The quantitative estimate of drug-likeness (QED) is 0.649. The number of aromatic hydroxyl groups is 1. The molecule has 0 amide bonds. The lowest BCUT2D eigenvalue weighted by Crippen LogP contribution is -2.33. The molecule has 0 unspecified atom stereocenters. The zero-order chi connectivity index (χ0) is 17.7. The van der Waals surface area contributed by atoms with Crippen LogP contribution in [0.25, 0.3) is 0 Å². The first kappa shape index (κ1) is 15.7. The number of phenols is 1. The van der Waals surface area contributed by atoms with Gasteiger partial charge in [-0.15, -0.1) is 11.3 Å². The Morgan fingerprint density at radius 1 is 1.15 bits per heavy atom. The average molecular weight is 383 g/mol. The number of hydrogen-bond donors (Lipinski definition) is 1. The fraction of sp³-hybridized carbons (Fsp3) is 0.150. The van der Waals surface area contributed by atoms with E-state index in [1.807, 2.05) is 46.8 Å². The highest BCUT2D eigenvalue weighted by molar-refractivity contribution is 7.10. The van der Waals surface area contributed by atoms with Crippen LogP contribution >= 0.6 is 22.9 Å². The van der Waals surface area contributed by atoms with E-state index in [9.17, 15) is 5.11 Å². The van der Waals surface area contributed by atoms with Crippen LogP contribution in [-0.2, 0) is 0 Å². The molecule has 26 heavy (non-hydrogen) atoms. The Bertz CT molecular complexity index is 1000. The molecule has 6 heteroatoms. The SMILES string of the molecule is Oc1cccc(C2=NN3[C@H](C2)c2cc(Cl)ccc2O[C@H]3c2cccs2)c1. The van der Waals surface area contributed by atoms with E-state index >= 15 is 0 Å². The standard InChI is InChI=1S/C20H15ClN2O2S/c21-13-6-7-18-15(10-13)17-11-16(12-3-1-4-14(24)9-12)22-23(17)20(25-18)19-5-2-8-26-19/h1-10,17,20,24H,11H2/t17-,20+/m1/s1. The normalized spacial score (nSPS) is 21.0.